The van der Waals surface area contributed by atoms with E-state index in [9.17, 15) is 9.18 Å². The largest absolute Gasteiger partial charge is 0.451 e. The van der Waals surface area contributed by atoms with Gasteiger partial charge in [0.15, 0.2) is 5.76 Å². The number of carbonyl (C=O) groups excluding carboxylic acids is 1. The molecule has 1 aromatic carbocycles. The number of nitrogens with two attached hydrogens (primary N) is 1. The van der Waals surface area contributed by atoms with Gasteiger partial charge in [-0.2, -0.15) is 4.39 Å². The van der Waals surface area contributed by atoms with E-state index in [4.69, 9.17) is 10.2 Å². The third-order valence-electron chi connectivity index (χ3n) is 2.72. The van der Waals surface area contributed by atoms with Gasteiger partial charge in [-0.05, 0) is 36.4 Å². The number of rotatable bonds is 2. The maximum Gasteiger partial charge on any atom is 0.292 e. The van der Waals surface area contributed by atoms with Gasteiger partial charge in [0.25, 0.3) is 5.91 Å². The Morgan fingerprint density at radius 3 is 2.90 bits per heavy atom. The Morgan fingerprint density at radius 1 is 1.25 bits per heavy atom. The average Bonchev–Trinajstić information content (AvgIpc) is 2.81. The van der Waals surface area contributed by atoms with Gasteiger partial charge in [-0.1, -0.05) is 6.07 Å². The van der Waals surface area contributed by atoms with Crippen LogP contribution in [0.4, 0.5) is 15.9 Å². The number of hydrogen-bond acceptors (Lipinski definition) is 4. The van der Waals surface area contributed by atoms with E-state index in [0.29, 0.717) is 11.3 Å². The quantitative estimate of drug-likeness (QED) is 0.554. The first-order valence-electron chi connectivity index (χ1n) is 5.85. The molecule has 1 amide bonds. The molecular formula is C14H10FN3O2. The summed E-state index contributed by atoms with van der Waals surface area (Å²) in [6.45, 7) is 0. The highest BCUT2D eigenvalue weighted by atomic mass is 19.1. The van der Waals surface area contributed by atoms with Crippen LogP contribution in [0.1, 0.15) is 10.6 Å². The minimum Gasteiger partial charge on any atom is -0.451 e. The van der Waals surface area contributed by atoms with Gasteiger partial charge in [0, 0.05) is 11.1 Å². The first-order chi connectivity index (χ1) is 9.61. The van der Waals surface area contributed by atoms with Gasteiger partial charge in [0.2, 0.25) is 5.95 Å². The van der Waals surface area contributed by atoms with Gasteiger partial charge >= 0.3 is 0 Å². The minimum absolute atomic E-state index is 0.108. The van der Waals surface area contributed by atoms with Crippen LogP contribution in [-0.4, -0.2) is 10.9 Å². The second-order valence-electron chi connectivity index (χ2n) is 4.21. The third-order valence-corrected chi connectivity index (χ3v) is 2.72. The molecule has 0 aliphatic rings. The molecule has 3 N–H and O–H groups in total. The Balaban J connectivity index is 1.88. The van der Waals surface area contributed by atoms with Gasteiger partial charge in [0.1, 0.15) is 11.4 Å². The van der Waals surface area contributed by atoms with Crippen molar-refractivity contribution in [3.8, 4) is 0 Å². The van der Waals surface area contributed by atoms with Crippen molar-refractivity contribution in [2.24, 2.45) is 0 Å². The van der Waals surface area contributed by atoms with Crippen LogP contribution in [0, 0.1) is 5.95 Å². The van der Waals surface area contributed by atoms with Crippen LogP contribution in [0.5, 0.6) is 0 Å². The molecule has 20 heavy (non-hydrogen) atoms. The lowest BCUT2D eigenvalue weighted by atomic mass is 10.2. The molecule has 2 heterocycles. The highest BCUT2D eigenvalue weighted by Crippen LogP contribution is 2.22. The van der Waals surface area contributed by atoms with E-state index in [2.05, 4.69) is 10.3 Å². The smallest absolute Gasteiger partial charge is 0.292 e. The Hall–Kier alpha value is -2.89. The lowest BCUT2D eigenvalue weighted by Gasteiger charge is -2.01. The molecule has 0 radical (unpaired) electrons. The van der Waals surface area contributed by atoms with Gasteiger partial charge < -0.3 is 15.5 Å². The number of fused-ring (bicyclic) bond motifs is 1. The summed E-state index contributed by atoms with van der Waals surface area (Å²) in [7, 11) is 0. The summed E-state index contributed by atoms with van der Waals surface area (Å²) >= 11 is 0. The highest BCUT2D eigenvalue weighted by molar-refractivity contribution is 6.04. The molecule has 0 aliphatic heterocycles. The molecule has 3 aromatic rings. The molecule has 0 unspecified atom stereocenters. The first kappa shape index (κ1) is 12.2. The number of nitrogens with one attached hydrogen (secondary N) is 1. The minimum atomic E-state index is -0.667. The van der Waals surface area contributed by atoms with Gasteiger partial charge in [-0.15, -0.1) is 0 Å². The molecule has 5 nitrogen and oxygen atoms in total. The van der Waals surface area contributed by atoms with E-state index >= 15 is 0 Å². The summed E-state index contributed by atoms with van der Waals surface area (Å²) in [5.74, 6) is -0.940. The number of benzene rings is 1. The van der Waals surface area contributed by atoms with Crippen molar-refractivity contribution in [1.82, 2.24) is 4.98 Å². The summed E-state index contributed by atoms with van der Waals surface area (Å²) < 4.78 is 18.3. The lowest BCUT2D eigenvalue weighted by Crippen LogP contribution is -2.12. The van der Waals surface area contributed by atoms with Crippen molar-refractivity contribution >= 4 is 28.4 Å². The van der Waals surface area contributed by atoms with Crippen LogP contribution < -0.4 is 11.1 Å². The van der Waals surface area contributed by atoms with Crippen molar-refractivity contribution in [3.05, 3.63) is 54.2 Å². The van der Waals surface area contributed by atoms with E-state index in [1.165, 1.54) is 18.2 Å². The summed E-state index contributed by atoms with van der Waals surface area (Å²) in [5, 5.41) is 3.18. The summed E-state index contributed by atoms with van der Waals surface area (Å²) in [5.41, 5.74) is 6.79. The number of anilines is 2. The number of nitrogens with zero attached hydrogens (tertiary/aromatic N) is 1. The zero-order valence-electron chi connectivity index (χ0n) is 10.3. The van der Waals surface area contributed by atoms with E-state index < -0.39 is 11.9 Å². The summed E-state index contributed by atoms with van der Waals surface area (Å²) in [4.78, 5) is 15.5. The molecule has 3 rings (SSSR count). The van der Waals surface area contributed by atoms with E-state index in [1.54, 1.807) is 24.3 Å². The summed E-state index contributed by atoms with van der Waals surface area (Å²) in [6, 6.07) is 10.8. The number of halogens is 1. The van der Waals surface area contributed by atoms with Crippen molar-refractivity contribution in [2.45, 2.75) is 0 Å². The third kappa shape index (κ3) is 2.31. The predicted molar refractivity (Wildman–Crippen MR) is 72.8 cm³/mol. The van der Waals surface area contributed by atoms with Crippen LogP contribution >= 0.6 is 0 Å². The Morgan fingerprint density at radius 2 is 2.10 bits per heavy atom. The predicted octanol–water partition coefficient (Wildman–Crippen LogP) is 2.80. The van der Waals surface area contributed by atoms with Crippen molar-refractivity contribution < 1.29 is 13.6 Å². The maximum absolute atomic E-state index is 12.9. The van der Waals surface area contributed by atoms with Crippen LogP contribution in [-0.2, 0) is 0 Å². The van der Waals surface area contributed by atoms with Gasteiger partial charge in [-0.25, -0.2) is 4.98 Å². The number of carbonyl (C=O) groups is 1. The molecule has 0 atom stereocenters. The molecule has 0 fully saturated rings. The number of furan rings is 1. The number of nitrogen functional groups attached to an aromatic ring is 1. The van der Waals surface area contributed by atoms with Crippen LogP contribution in [0.2, 0.25) is 0 Å². The maximum atomic E-state index is 12.9. The molecule has 0 bridgehead atoms. The van der Waals surface area contributed by atoms with Crippen molar-refractivity contribution in [2.75, 3.05) is 11.1 Å². The molecule has 0 aliphatic carbocycles. The van der Waals surface area contributed by atoms with Crippen molar-refractivity contribution in [1.29, 1.82) is 0 Å². The Bertz CT molecular complexity index is 798. The zero-order chi connectivity index (χ0) is 14.1. The number of pyridine rings is 1. The summed E-state index contributed by atoms with van der Waals surface area (Å²) in [6.07, 6.45) is 0. The molecule has 2 aromatic heterocycles. The van der Waals surface area contributed by atoms with Crippen LogP contribution in [0.3, 0.4) is 0 Å². The standard InChI is InChI=1S/C14H10FN3O2/c15-12-2-1-3-13(17-12)18-14(19)11-7-8-6-9(16)4-5-10(8)20-11/h1-7H,16H2,(H,17,18,19). The fourth-order valence-corrected chi connectivity index (χ4v) is 1.83. The van der Waals surface area contributed by atoms with Gasteiger partial charge in [0.05, 0.1) is 0 Å². The highest BCUT2D eigenvalue weighted by Gasteiger charge is 2.13. The second-order valence-corrected chi connectivity index (χ2v) is 4.21. The number of aromatic nitrogens is 1. The second kappa shape index (κ2) is 4.65. The fourth-order valence-electron chi connectivity index (χ4n) is 1.83. The van der Waals surface area contributed by atoms with Crippen molar-refractivity contribution in [3.63, 3.8) is 0 Å². The topological polar surface area (TPSA) is 81.1 Å². The fraction of sp³-hybridized carbons (Fsp3) is 0. The average molecular weight is 271 g/mol. The van der Waals surface area contributed by atoms with E-state index in [0.717, 1.165) is 5.39 Å². The normalized spacial score (nSPS) is 10.7. The molecule has 6 heteroatoms. The zero-order valence-corrected chi connectivity index (χ0v) is 10.3. The molecule has 0 saturated heterocycles. The molecule has 0 saturated carbocycles. The molecule has 100 valence electrons. The number of hydrogen-bond donors (Lipinski definition) is 2. The van der Waals surface area contributed by atoms with Crippen LogP contribution in [0.25, 0.3) is 11.0 Å². The monoisotopic (exact) mass is 271 g/mol. The lowest BCUT2D eigenvalue weighted by molar-refractivity contribution is 0.0998. The number of amides is 1. The Labute approximate surface area is 113 Å². The van der Waals surface area contributed by atoms with Gasteiger partial charge in [-0.3, -0.25) is 4.79 Å². The molecule has 0 spiro atoms. The Kier molecular flexibility index (Phi) is 2.83. The van der Waals surface area contributed by atoms with Crippen LogP contribution in [0.15, 0.2) is 46.9 Å². The SMILES string of the molecule is Nc1ccc2oc(C(=O)Nc3cccc(F)n3)cc2c1. The molecular weight excluding hydrogens is 261 g/mol. The van der Waals surface area contributed by atoms with E-state index in [1.807, 2.05) is 0 Å². The first-order valence-corrected chi connectivity index (χ1v) is 5.85. The van der Waals surface area contributed by atoms with E-state index in [-0.39, 0.29) is 11.6 Å².